The van der Waals surface area contributed by atoms with Gasteiger partial charge in [0.2, 0.25) is 5.13 Å². The molecule has 8 rings (SSSR count). The molecule has 0 amide bonds. The average Bonchev–Trinajstić information content (AvgIpc) is 3.98. The van der Waals surface area contributed by atoms with E-state index in [-0.39, 0.29) is 256 Å². The van der Waals surface area contributed by atoms with Crippen molar-refractivity contribution in [2.75, 3.05) is 10.2 Å². The Labute approximate surface area is 587 Å². The van der Waals surface area contributed by atoms with Gasteiger partial charge in [0.15, 0.2) is 16.8 Å². The van der Waals surface area contributed by atoms with Crippen molar-refractivity contribution in [3.63, 3.8) is 0 Å². The third kappa shape index (κ3) is 14.1. The number of aromatic nitrogens is 5. The minimum atomic E-state index is -5.13. The first-order valence-corrected chi connectivity index (χ1v) is 28.9. The molecule has 4 aromatic heterocycles. The molecule has 0 spiro atoms. The maximum Gasteiger partial charge on any atom is 1.00 e. The molecule has 78 heavy (non-hydrogen) atoms. The molecule has 0 atom stereocenters. The number of benzene rings is 4. The normalized spacial score (nSPS) is 12.2. The SMILES string of the molecule is Cc1cc(N(c2nc3ccc(S(=O)(=O)[O-])cc3s2)c2c(C)cc(C)c(S(=O)(=O)[O-])c2C)nc(Nc2c(C)cc(C)c(S(=O)(=O)[O-])c2C)c1N=Nc1c(C#N)c(C(C)(C)C)nn1-c1nc2ccc(S(=O)(=O)[O-])cc2s1.[K+].[K+].[Na+].[Na+]. The summed E-state index contributed by atoms with van der Waals surface area (Å²) in [5.74, 6) is -0.336. The third-order valence-corrected chi connectivity index (χ3v) is 17.6. The van der Waals surface area contributed by atoms with Gasteiger partial charge < -0.3 is 23.5 Å². The molecular weight excluding hydrogens is 1200 g/mol. The Balaban J connectivity index is 0.00000328. The fourth-order valence-corrected chi connectivity index (χ4v) is 13.7. The van der Waals surface area contributed by atoms with Gasteiger partial charge in [0.1, 0.15) is 63.6 Å². The monoisotopic (exact) mass is 1240 g/mol. The summed E-state index contributed by atoms with van der Waals surface area (Å²) in [5.41, 5.74) is 1.60. The zero-order valence-electron chi connectivity index (χ0n) is 44.6. The van der Waals surface area contributed by atoms with E-state index in [0.717, 1.165) is 40.9 Å². The molecule has 1 N–H and O–H groups in total. The Morgan fingerprint density at radius 3 is 1.67 bits per heavy atom. The summed E-state index contributed by atoms with van der Waals surface area (Å²) in [6, 6.07) is 13.8. The number of nitrogens with one attached hydrogen (secondary N) is 1. The molecule has 4 heterocycles. The van der Waals surface area contributed by atoms with Crippen LogP contribution >= 0.6 is 22.7 Å². The van der Waals surface area contributed by atoms with E-state index >= 15 is 0 Å². The Morgan fingerprint density at radius 2 is 1.15 bits per heavy atom. The van der Waals surface area contributed by atoms with Crippen molar-refractivity contribution >= 4 is 123 Å². The first-order valence-electron chi connectivity index (χ1n) is 21.6. The molecule has 0 unspecified atom stereocenters. The Kier molecular flexibility index (Phi) is 22.6. The Bertz CT molecular complexity index is 4290. The minimum absolute atomic E-state index is 0. The average molecular weight is 1240 g/mol. The van der Waals surface area contributed by atoms with Gasteiger partial charge >= 0.3 is 162 Å². The molecule has 0 aliphatic heterocycles. The predicted molar refractivity (Wildman–Crippen MR) is 271 cm³/mol. The van der Waals surface area contributed by atoms with Crippen LogP contribution in [0, 0.1) is 59.8 Å². The molecule has 8 aromatic rings. The van der Waals surface area contributed by atoms with E-state index in [1.54, 1.807) is 41.5 Å². The van der Waals surface area contributed by atoms with Gasteiger partial charge in [-0.25, -0.2) is 48.6 Å². The van der Waals surface area contributed by atoms with Crippen LogP contribution < -0.4 is 172 Å². The zero-order chi connectivity index (χ0) is 54.5. The van der Waals surface area contributed by atoms with E-state index in [0.29, 0.717) is 21.3 Å². The third-order valence-electron chi connectivity index (χ3n) is 11.7. The zero-order valence-corrected chi connectivity index (χ0v) is 59.7. The van der Waals surface area contributed by atoms with Gasteiger partial charge in [0.25, 0.3) is 0 Å². The van der Waals surface area contributed by atoms with E-state index in [9.17, 15) is 57.1 Å². The van der Waals surface area contributed by atoms with Gasteiger partial charge in [-0.1, -0.05) is 55.6 Å². The van der Waals surface area contributed by atoms with Gasteiger partial charge in [-0.3, -0.25) is 4.90 Å². The Hall–Kier alpha value is -1.38. The molecule has 0 bridgehead atoms. The van der Waals surface area contributed by atoms with E-state index in [4.69, 9.17) is 15.1 Å². The van der Waals surface area contributed by atoms with Gasteiger partial charge in [0, 0.05) is 11.1 Å². The second-order valence-electron chi connectivity index (χ2n) is 18.2. The number of aryl methyl sites for hydroxylation is 5. The number of fused-ring (bicyclic) bond motifs is 2. The predicted octanol–water partition coefficient (Wildman–Crippen LogP) is -2.92. The molecule has 0 aliphatic carbocycles. The van der Waals surface area contributed by atoms with Crippen LogP contribution in [0.1, 0.15) is 71.0 Å². The summed E-state index contributed by atoms with van der Waals surface area (Å²) in [4.78, 5) is 13.7. The van der Waals surface area contributed by atoms with E-state index in [1.165, 1.54) is 73.7 Å². The van der Waals surface area contributed by atoms with Crippen molar-refractivity contribution in [2.24, 2.45) is 10.2 Å². The van der Waals surface area contributed by atoms with Gasteiger partial charge in [-0.05, 0) is 130 Å². The second kappa shape index (κ2) is 25.5. The largest absolute Gasteiger partial charge is 1.00 e. The van der Waals surface area contributed by atoms with Crippen molar-refractivity contribution in [3.8, 4) is 11.2 Å². The number of pyridine rings is 1. The number of thiazole rings is 2. The van der Waals surface area contributed by atoms with Crippen molar-refractivity contribution in [2.45, 2.75) is 94.2 Å². The summed E-state index contributed by atoms with van der Waals surface area (Å²) < 4.78 is 151. The van der Waals surface area contributed by atoms with Crippen molar-refractivity contribution in [1.29, 1.82) is 5.26 Å². The van der Waals surface area contributed by atoms with Crippen molar-refractivity contribution < 1.29 is 214 Å². The van der Waals surface area contributed by atoms with E-state index in [2.05, 4.69) is 26.6 Å². The summed E-state index contributed by atoms with van der Waals surface area (Å²) >= 11 is 1.85. The van der Waals surface area contributed by atoms with E-state index < -0.39 is 65.5 Å². The van der Waals surface area contributed by atoms with Crippen LogP contribution in [0.25, 0.3) is 25.6 Å². The fourth-order valence-electron chi connectivity index (χ4n) is 8.68. The second-order valence-corrected chi connectivity index (χ2v) is 25.6. The Morgan fingerprint density at radius 1 is 0.641 bits per heavy atom. The van der Waals surface area contributed by atoms with Crippen LogP contribution in [0.15, 0.2) is 84.4 Å². The van der Waals surface area contributed by atoms with Crippen molar-refractivity contribution in [1.82, 2.24) is 24.7 Å². The number of nitrogens with zero attached hydrogens (tertiary/aromatic N) is 9. The standard InChI is InChI=1S/C46H44N10O12S6.2K.2Na/c1-21-15-24(4)39(73(63,64)65)26(6)36(21)51-42-37(52-53-43-30(20-47)41(46(8,9)10)54-56(43)45-49-32-14-12-29(72(60,61)62)19-34(32)70-45)22(2)17-35(50-42)55(38-23(3)16-25(5)40(27(38)7)74(66,67)68)44-48-31-13-11-28(71(57,58)59)18-33(31)69-44;;;;/h11-19H,1-10H3,(H,50,51)(H,57,58,59)(H,60,61,62)(H,63,64,65)(H,66,67,68);;;;/q;4*+1/p-4. The van der Waals surface area contributed by atoms with E-state index in [1.807, 2.05) is 0 Å². The fraction of sp³-hybridized carbons (Fsp3) is 0.239. The maximum atomic E-state index is 12.9. The van der Waals surface area contributed by atoms with Crippen LogP contribution in [0.4, 0.5) is 39.6 Å². The van der Waals surface area contributed by atoms with Crippen LogP contribution in [-0.4, -0.2) is 76.6 Å². The first-order chi connectivity index (χ1) is 34.2. The van der Waals surface area contributed by atoms with Crippen LogP contribution in [0.5, 0.6) is 0 Å². The van der Waals surface area contributed by atoms with Crippen molar-refractivity contribution in [3.05, 3.63) is 105 Å². The summed E-state index contributed by atoms with van der Waals surface area (Å²) in [6.07, 6.45) is 0. The number of hydrogen-bond donors (Lipinski definition) is 1. The molecule has 32 heteroatoms. The molecule has 22 nitrogen and oxygen atoms in total. The maximum absolute atomic E-state index is 12.9. The molecule has 0 saturated heterocycles. The first kappa shape index (κ1) is 69.1. The number of hydrogen-bond acceptors (Lipinski definition) is 23. The van der Waals surface area contributed by atoms with Crippen LogP contribution in [0.2, 0.25) is 0 Å². The number of azo groups is 1. The van der Waals surface area contributed by atoms with Gasteiger partial charge in [-0.15, -0.1) is 10.2 Å². The number of nitriles is 1. The van der Waals surface area contributed by atoms with Crippen LogP contribution in [0.3, 0.4) is 0 Å². The topological polar surface area (TPSA) is 349 Å². The number of anilines is 5. The molecular formula is C46H40K2N10Na2O12S6. The quantitative estimate of drug-likeness (QED) is 0.0727. The molecule has 386 valence electrons. The summed E-state index contributed by atoms with van der Waals surface area (Å²) in [7, 11) is -20.0. The molecule has 0 aliphatic rings. The minimum Gasteiger partial charge on any atom is -0.744 e. The number of rotatable bonds is 12. The molecule has 0 saturated carbocycles. The molecule has 0 fully saturated rings. The van der Waals surface area contributed by atoms with Gasteiger partial charge in [-0.2, -0.15) is 15.0 Å². The molecule has 0 radical (unpaired) electrons. The molecule has 4 aromatic carbocycles. The van der Waals surface area contributed by atoms with Crippen LogP contribution in [-0.2, 0) is 45.9 Å². The smallest absolute Gasteiger partial charge is 0.744 e. The summed E-state index contributed by atoms with van der Waals surface area (Å²) in [5, 5.41) is 28.0. The van der Waals surface area contributed by atoms with Gasteiger partial charge in [0.05, 0.1) is 51.4 Å². The summed E-state index contributed by atoms with van der Waals surface area (Å²) in [6.45, 7) is 16.0.